The second-order valence-corrected chi connectivity index (χ2v) is 7.96. The molecule has 0 saturated carbocycles. The van der Waals surface area contributed by atoms with Crippen LogP contribution in [0.15, 0.2) is 54.6 Å². The Kier molecular flexibility index (Phi) is 6.70. The summed E-state index contributed by atoms with van der Waals surface area (Å²) in [5, 5.41) is 0. The molecule has 0 spiro atoms. The number of para-hydroxylation sites is 2. The van der Waals surface area contributed by atoms with Gasteiger partial charge >= 0.3 is 5.97 Å². The van der Waals surface area contributed by atoms with Gasteiger partial charge in [-0.15, -0.1) is 0 Å². The summed E-state index contributed by atoms with van der Waals surface area (Å²) in [6, 6.07) is 17.2. The second kappa shape index (κ2) is 9.82. The summed E-state index contributed by atoms with van der Waals surface area (Å²) < 4.78 is 10.8. The smallest absolute Gasteiger partial charge is 0.326 e. The predicted molar refractivity (Wildman–Crippen MR) is 118 cm³/mol. The van der Waals surface area contributed by atoms with E-state index in [1.807, 2.05) is 18.2 Å². The monoisotopic (exact) mass is 437 g/mol. The minimum atomic E-state index is -0.908. The van der Waals surface area contributed by atoms with Crippen molar-refractivity contribution < 1.29 is 23.9 Å². The van der Waals surface area contributed by atoms with Gasteiger partial charge in [-0.1, -0.05) is 42.5 Å². The molecule has 168 valence electrons. The molecule has 0 bridgehead atoms. The number of piperazine rings is 1. The zero-order chi connectivity index (χ0) is 22.5. The highest BCUT2D eigenvalue weighted by atomic mass is 16.5. The summed E-state index contributed by atoms with van der Waals surface area (Å²) in [6.45, 7) is 4.73. The average molecular weight is 437 g/mol. The number of carbonyl (C=O) groups excluding carboxylic acids is 3. The van der Waals surface area contributed by atoms with Crippen molar-refractivity contribution in [3.63, 3.8) is 0 Å². The fraction of sp³-hybridized carbons (Fsp3) is 0.375. The maximum atomic E-state index is 12.8. The molecule has 0 aromatic heterocycles. The van der Waals surface area contributed by atoms with Crippen molar-refractivity contribution in [2.45, 2.75) is 19.6 Å². The van der Waals surface area contributed by atoms with E-state index in [9.17, 15) is 14.4 Å². The molecule has 32 heavy (non-hydrogen) atoms. The summed E-state index contributed by atoms with van der Waals surface area (Å²) in [4.78, 5) is 42.9. The Hall–Kier alpha value is -3.39. The van der Waals surface area contributed by atoms with Gasteiger partial charge in [0.15, 0.2) is 12.7 Å². The third-order valence-electron chi connectivity index (χ3n) is 5.68. The minimum Gasteiger partial charge on any atom is -0.482 e. The average Bonchev–Trinajstić information content (AvgIpc) is 2.81. The van der Waals surface area contributed by atoms with Crippen LogP contribution in [0.3, 0.4) is 0 Å². The van der Waals surface area contributed by atoms with E-state index < -0.39 is 12.1 Å². The lowest BCUT2D eigenvalue weighted by molar-refractivity contribution is -0.159. The van der Waals surface area contributed by atoms with E-state index in [0.717, 1.165) is 19.6 Å². The van der Waals surface area contributed by atoms with Gasteiger partial charge in [-0.05, 0) is 24.6 Å². The molecule has 0 radical (unpaired) electrons. The molecule has 1 unspecified atom stereocenters. The number of rotatable bonds is 6. The fourth-order valence-electron chi connectivity index (χ4n) is 3.97. The van der Waals surface area contributed by atoms with Gasteiger partial charge in [0, 0.05) is 32.7 Å². The Bertz CT molecular complexity index is 973. The Morgan fingerprint density at radius 2 is 1.69 bits per heavy atom. The first kappa shape index (κ1) is 21.8. The van der Waals surface area contributed by atoms with Gasteiger partial charge in [0.2, 0.25) is 0 Å². The van der Waals surface area contributed by atoms with Crippen LogP contribution in [0.4, 0.5) is 5.69 Å². The van der Waals surface area contributed by atoms with Gasteiger partial charge in [-0.2, -0.15) is 0 Å². The molecule has 0 N–H and O–H groups in total. The van der Waals surface area contributed by atoms with Gasteiger partial charge < -0.3 is 14.4 Å². The normalized spacial score (nSPS) is 17.3. The van der Waals surface area contributed by atoms with Crippen LogP contribution in [0.5, 0.6) is 5.75 Å². The van der Waals surface area contributed by atoms with E-state index in [4.69, 9.17) is 9.47 Å². The molecule has 2 aliphatic heterocycles. The second-order valence-electron chi connectivity index (χ2n) is 7.96. The van der Waals surface area contributed by atoms with E-state index in [-0.39, 0.29) is 25.0 Å². The van der Waals surface area contributed by atoms with E-state index in [0.29, 0.717) is 24.5 Å². The van der Waals surface area contributed by atoms with Gasteiger partial charge in [0.05, 0.1) is 5.69 Å². The number of carbonyl (C=O) groups is 3. The molecule has 4 rings (SSSR count). The molecule has 8 nitrogen and oxygen atoms in total. The van der Waals surface area contributed by atoms with Crippen LogP contribution in [-0.4, -0.2) is 73.0 Å². The number of nitrogens with zero attached hydrogens (tertiary/aromatic N) is 3. The van der Waals surface area contributed by atoms with Gasteiger partial charge in [-0.25, -0.2) is 0 Å². The number of hydrogen-bond acceptors (Lipinski definition) is 6. The third-order valence-corrected chi connectivity index (χ3v) is 5.68. The molecule has 2 aromatic carbocycles. The Labute approximate surface area is 187 Å². The first-order valence-electron chi connectivity index (χ1n) is 10.8. The predicted octanol–water partition coefficient (Wildman–Crippen LogP) is 1.69. The Morgan fingerprint density at radius 1 is 1.00 bits per heavy atom. The number of benzene rings is 2. The minimum absolute atomic E-state index is 0.133. The maximum absolute atomic E-state index is 12.8. The Morgan fingerprint density at radius 3 is 2.44 bits per heavy atom. The van der Waals surface area contributed by atoms with Crippen molar-refractivity contribution in [2.24, 2.45) is 0 Å². The molecule has 1 saturated heterocycles. The number of hydrogen-bond donors (Lipinski definition) is 0. The van der Waals surface area contributed by atoms with Crippen LogP contribution >= 0.6 is 0 Å². The Balaban J connectivity index is 1.27. The molecule has 2 aliphatic rings. The number of ether oxygens (including phenoxy) is 2. The quantitative estimate of drug-likeness (QED) is 0.640. The van der Waals surface area contributed by atoms with E-state index in [2.05, 4.69) is 17.0 Å². The van der Waals surface area contributed by atoms with Crippen molar-refractivity contribution in [1.82, 2.24) is 9.80 Å². The summed E-state index contributed by atoms with van der Waals surface area (Å²) in [5.74, 6) is -0.628. The largest absolute Gasteiger partial charge is 0.482 e. The zero-order valence-electron chi connectivity index (χ0n) is 18.1. The molecule has 2 heterocycles. The molecule has 2 amide bonds. The zero-order valence-corrected chi connectivity index (χ0v) is 18.1. The van der Waals surface area contributed by atoms with Crippen molar-refractivity contribution in [1.29, 1.82) is 0 Å². The summed E-state index contributed by atoms with van der Waals surface area (Å²) in [7, 11) is 0. The summed E-state index contributed by atoms with van der Waals surface area (Å²) in [5.41, 5.74) is 1.77. The first-order valence-corrected chi connectivity index (χ1v) is 10.8. The lowest BCUT2D eigenvalue weighted by atomic mass is 10.2. The van der Waals surface area contributed by atoms with Crippen molar-refractivity contribution in [2.75, 3.05) is 44.2 Å². The third kappa shape index (κ3) is 5.08. The highest BCUT2D eigenvalue weighted by Crippen LogP contribution is 2.31. The van der Waals surface area contributed by atoms with Crippen LogP contribution in [0, 0.1) is 0 Å². The molecular weight excluding hydrogens is 410 g/mol. The van der Waals surface area contributed by atoms with Crippen LogP contribution < -0.4 is 9.64 Å². The molecule has 0 aliphatic carbocycles. The number of anilines is 1. The van der Waals surface area contributed by atoms with Gasteiger partial charge in [-0.3, -0.25) is 24.2 Å². The van der Waals surface area contributed by atoms with Crippen LogP contribution in [-0.2, 0) is 25.7 Å². The topological polar surface area (TPSA) is 79.4 Å². The number of fused-ring (bicyclic) bond motifs is 1. The summed E-state index contributed by atoms with van der Waals surface area (Å²) >= 11 is 0. The number of esters is 1. The van der Waals surface area contributed by atoms with Crippen LogP contribution in [0.2, 0.25) is 0 Å². The highest BCUT2D eigenvalue weighted by Gasteiger charge is 2.31. The molecule has 2 aromatic rings. The lowest BCUT2D eigenvalue weighted by Gasteiger charge is -2.36. The molecule has 1 fully saturated rings. The van der Waals surface area contributed by atoms with Gasteiger partial charge in [0.1, 0.15) is 12.3 Å². The van der Waals surface area contributed by atoms with E-state index in [1.165, 1.54) is 10.5 Å². The molecular formula is C24H27N3O5. The van der Waals surface area contributed by atoms with Crippen molar-refractivity contribution in [3.05, 3.63) is 60.2 Å². The summed E-state index contributed by atoms with van der Waals surface area (Å²) in [6.07, 6.45) is -0.908. The fourth-order valence-corrected chi connectivity index (χ4v) is 3.97. The highest BCUT2D eigenvalue weighted by molar-refractivity contribution is 6.01. The maximum Gasteiger partial charge on any atom is 0.326 e. The van der Waals surface area contributed by atoms with E-state index >= 15 is 0 Å². The van der Waals surface area contributed by atoms with Crippen LogP contribution in [0.25, 0.3) is 0 Å². The van der Waals surface area contributed by atoms with Crippen LogP contribution in [0.1, 0.15) is 12.5 Å². The SMILES string of the molecule is CC(OC(=O)CN1C(=O)COc2ccccc21)C(=O)N1CCN(Cc2ccccc2)CC1. The van der Waals surface area contributed by atoms with Gasteiger partial charge in [0.25, 0.3) is 11.8 Å². The first-order chi connectivity index (χ1) is 15.5. The molecule has 8 heteroatoms. The standard InChI is InChI=1S/C24H27N3O5/c1-18(24(30)26-13-11-25(12-14-26)15-19-7-3-2-4-8-19)32-23(29)16-27-20-9-5-6-10-21(20)31-17-22(27)28/h2-10,18H,11-17H2,1H3. The lowest BCUT2D eigenvalue weighted by Crippen LogP contribution is -2.51. The van der Waals surface area contributed by atoms with Crippen molar-refractivity contribution in [3.8, 4) is 5.75 Å². The van der Waals surface area contributed by atoms with Crippen molar-refractivity contribution >= 4 is 23.5 Å². The van der Waals surface area contributed by atoms with E-state index in [1.54, 1.807) is 36.1 Å². The molecule has 1 atom stereocenters. The number of amides is 2.